The van der Waals surface area contributed by atoms with Crippen LogP contribution < -0.4 is 0 Å². The molecule has 0 saturated carbocycles. The van der Waals surface area contributed by atoms with Crippen molar-refractivity contribution in [1.29, 1.82) is 0 Å². The molecule has 1 unspecified atom stereocenters. The van der Waals surface area contributed by atoms with E-state index in [1.54, 1.807) is 0 Å². The molecule has 0 bridgehead atoms. The fourth-order valence-corrected chi connectivity index (χ4v) is 1.94. The molecule has 15 heavy (non-hydrogen) atoms. The first kappa shape index (κ1) is 12.9. The summed E-state index contributed by atoms with van der Waals surface area (Å²) < 4.78 is 5.41. The van der Waals surface area contributed by atoms with Gasteiger partial charge in [0.15, 0.2) is 0 Å². The largest absolute Gasteiger partial charge is 0.396 e. The van der Waals surface area contributed by atoms with Gasteiger partial charge in [0.2, 0.25) is 0 Å². The van der Waals surface area contributed by atoms with E-state index < -0.39 is 0 Å². The van der Waals surface area contributed by atoms with E-state index in [1.165, 1.54) is 0 Å². The van der Waals surface area contributed by atoms with Gasteiger partial charge in [-0.2, -0.15) is 0 Å². The summed E-state index contributed by atoms with van der Waals surface area (Å²) in [5, 5.41) is 9.50. The topological polar surface area (TPSA) is 32.7 Å². The highest BCUT2D eigenvalue weighted by molar-refractivity contribution is 4.89. The van der Waals surface area contributed by atoms with Gasteiger partial charge in [0, 0.05) is 24.1 Å². The van der Waals surface area contributed by atoms with Crippen molar-refractivity contribution >= 4 is 0 Å². The van der Waals surface area contributed by atoms with Crippen molar-refractivity contribution in [2.45, 2.75) is 39.2 Å². The van der Waals surface area contributed by atoms with Gasteiger partial charge in [0.1, 0.15) is 0 Å². The van der Waals surface area contributed by atoms with E-state index in [0.717, 1.165) is 26.0 Å². The molecule has 0 aliphatic carbocycles. The number of hydrogen-bond donors (Lipinski definition) is 1. The van der Waals surface area contributed by atoms with Crippen LogP contribution in [0, 0.1) is 5.41 Å². The average Bonchev–Trinajstić information content (AvgIpc) is 2.67. The fraction of sp³-hybridized carbons (Fsp3) is 1.00. The van der Waals surface area contributed by atoms with Crippen LogP contribution in [-0.4, -0.2) is 49.0 Å². The van der Waals surface area contributed by atoms with E-state index >= 15 is 0 Å². The molecule has 0 spiro atoms. The maximum Gasteiger partial charge on any atom is 0.0557 e. The zero-order valence-electron chi connectivity index (χ0n) is 10.5. The number of hydrogen-bond acceptors (Lipinski definition) is 3. The Morgan fingerprint density at radius 3 is 2.53 bits per heavy atom. The summed E-state index contributed by atoms with van der Waals surface area (Å²) in [5.41, 5.74) is 0.173. The van der Waals surface area contributed by atoms with Gasteiger partial charge in [-0.1, -0.05) is 6.92 Å². The lowest BCUT2D eigenvalue weighted by molar-refractivity contribution is 0.0304. The summed E-state index contributed by atoms with van der Waals surface area (Å²) in [5.74, 6) is 0. The third-order valence-electron chi connectivity index (χ3n) is 3.99. The molecule has 3 heteroatoms. The number of nitrogens with zero attached hydrogens (tertiary/aromatic N) is 1. The zero-order valence-corrected chi connectivity index (χ0v) is 10.5. The molecular formula is C12H25NO2. The van der Waals surface area contributed by atoms with Crippen molar-refractivity contribution in [2.75, 3.05) is 33.4 Å². The summed E-state index contributed by atoms with van der Waals surface area (Å²) >= 11 is 0. The molecule has 1 rings (SSSR count). The second-order valence-corrected chi connectivity index (χ2v) is 5.48. The van der Waals surface area contributed by atoms with E-state index in [9.17, 15) is 5.11 Å². The monoisotopic (exact) mass is 215 g/mol. The molecule has 1 saturated heterocycles. The Morgan fingerprint density at radius 1 is 1.47 bits per heavy atom. The highest BCUT2D eigenvalue weighted by atomic mass is 16.5. The minimum absolute atomic E-state index is 0.0266. The maximum atomic E-state index is 9.50. The predicted octanol–water partition coefficient (Wildman–Crippen LogP) is 1.51. The van der Waals surface area contributed by atoms with Crippen molar-refractivity contribution in [1.82, 2.24) is 4.90 Å². The van der Waals surface area contributed by atoms with Crippen LogP contribution >= 0.6 is 0 Å². The minimum atomic E-state index is -0.0266. The second-order valence-electron chi connectivity index (χ2n) is 5.48. The molecule has 0 radical (unpaired) electrons. The Bertz CT molecular complexity index is 198. The molecule has 3 nitrogen and oxygen atoms in total. The van der Waals surface area contributed by atoms with Gasteiger partial charge < -0.3 is 14.7 Å². The molecule has 1 aliphatic rings. The third kappa shape index (κ3) is 2.92. The van der Waals surface area contributed by atoms with Gasteiger partial charge in [0.05, 0.1) is 13.2 Å². The Morgan fingerprint density at radius 2 is 2.13 bits per heavy atom. The van der Waals surface area contributed by atoms with E-state index in [0.29, 0.717) is 6.61 Å². The molecule has 1 atom stereocenters. The highest BCUT2D eigenvalue weighted by Crippen LogP contribution is 2.31. The van der Waals surface area contributed by atoms with Gasteiger partial charge >= 0.3 is 0 Å². The van der Waals surface area contributed by atoms with Crippen LogP contribution in [0.25, 0.3) is 0 Å². The fourth-order valence-electron chi connectivity index (χ4n) is 1.94. The Balaban J connectivity index is 2.59. The molecule has 1 N–H and O–H groups in total. The van der Waals surface area contributed by atoms with E-state index in [1.807, 2.05) is 0 Å². The molecular weight excluding hydrogens is 190 g/mol. The Hall–Kier alpha value is -0.120. The van der Waals surface area contributed by atoms with Crippen LogP contribution in [0.2, 0.25) is 0 Å². The van der Waals surface area contributed by atoms with Crippen LogP contribution in [0.4, 0.5) is 0 Å². The van der Waals surface area contributed by atoms with Gasteiger partial charge in [-0.05, 0) is 33.7 Å². The van der Waals surface area contributed by atoms with Crippen LogP contribution in [-0.2, 0) is 4.74 Å². The third-order valence-corrected chi connectivity index (χ3v) is 3.99. The van der Waals surface area contributed by atoms with E-state index in [4.69, 9.17) is 4.74 Å². The smallest absolute Gasteiger partial charge is 0.0557 e. The van der Waals surface area contributed by atoms with Gasteiger partial charge in [-0.15, -0.1) is 0 Å². The van der Waals surface area contributed by atoms with E-state index in [2.05, 4.69) is 32.7 Å². The standard InChI is InChI=1S/C12H25NO2/c1-5-11(2,3)13(4)8-12(9-14)6-7-15-10-12/h14H,5-10H2,1-4H3. The van der Waals surface area contributed by atoms with Gasteiger partial charge in [-0.3, -0.25) is 0 Å². The summed E-state index contributed by atoms with van der Waals surface area (Å²) in [4.78, 5) is 2.35. The molecule has 0 aromatic carbocycles. The number of ether oxygens (including phenoxy) is 1. The van der Waals surface area contributed by atoms with Gasteiger partial charge in [-0.25, -0.2) is 0 Å². The molecule has 1 fully saturated rings. The highest BCUT2D eigenvalue weighted by Gasteiger charge is 2.37. The molecule has 1 heterocycles. The van der Waals surface area contributed by atoms with Crippen molar-refractivity contribution in [3.8, 4) is 0 Å². The van der Waals surface area contributed by atoms with Gasteiger partial charge in [0.25, 0.3) is 0 Å². The van der Waals surface area contributed by atoms with Crippen LogP contribution in [0.1, 0.15) is 33.6 Å². The first-order chi connectivity index (χ1) is 6.96. The Kier molecular flexibility index (Phi) is 4.15. The maximum absolute atomic E-state index is 9.50. The lowest BCUT2D eigenvalue weighted by atomic mass is 9.86. The van der Waals surface area contributed by atoms with Crippen molar-refractivity contribution in [2.24, 2.45) is 5.41 Å². The molecule has 0 aromatic rings. The number of aliphatic hydroxyl groups excluding tert-OH is 1. The van der Waals surface area contributed by atoms with Crippen molar-refractivity contribution in [3.05, 3.63) is 0 Å². The lowest BCUT2D eigenvalue weighted by Crippen LogP contribution is -2.48. The SMILES string of the molecule is CCC(C)(C)N(C)CC1(CO)CCOC1. The average molecular weight is 215 g/mol. The number of aliphatic hydroxyl groups is 1. The number of rotatable bonds is 5. The zero-order chi connectivity index (χ0) is 11.5. The van der Waals surface area contributed by atoms with E-state index in [-0.39, 0.29) is 17.6 Å². The normalized spacial score (nSPS) is 27.6. The summed E-state index contributed by atoms with van der Waals surface area (Å²) in [6.45, 7) is 9.34. The summed E-state index contributed by atoms with van der Waals surface area (Å²) in [6, 6.07) is 0. The summed E-state index contributed by atoms with van der Waals surface area (Å²) in [7, 11) is 2.14. The predicted molar refractivity (Wildman–Crippen MR) is 62.0 cm³/mol. The molecule has 90 valence electrons. The van der Waals surface area contributed by atoms with Crippen LogP contribution in [0.15, 0.2) is 0 Å². The second kappa shape index (κ2) is 4.81. The first-order valence-corrected chi connectivity index (χ1v) is 5.86. The molecule has 0 aromatic heterocycles. The molecule has 0 amide bonds. The quantitative estimate of drug-likeness (QED) is 0.754. The summed E-state index contributed by atoms with van der Waals surface area (Å²) in [6.07, 6.45) is 2.10. The van der Waals surface area contributed by atoms with Crippen molar-refractivity contribution < 1.29 is 9.84 Å². The lowest BCUT2D eigenvalue weighted by Gasteiger charge is -2.40. The first-order valence-electron chi connectivity index (χ1n) is 5.86. The minimum Gasteiger partial charge on any atom is -0.396 e. The van der Waals surface area contributed by atoms with Crippen LogP contribution in [0.5, 0.6) is 0 Å². The Labute approximate surface area is 93.4 Å². The molecule has 1 aliphatic heterocycles. The van der Waals surface area contributed by atoms with Crippen LogP contribution in [0.3, 0.4) is 0 Å². The van der Waals surface area contributed by atoms with Crippen molar-refractivity contribution in [3.63, 3.8) is 0 Å².